The van der Waals surface area contributed by atoms with Gasteiger partial charge in [0, 0.05) is 12.5 Å². The SMILES string of the molecule is COc1ccc(N)c(N2C(=O)CC(C)(C(C)C)C2=O)c1. The molecule has 2 rings (SSSR count). The van der Waals surface area contributed by atoms with Crippen LogP contribution in [0.15, 0.2) is 18.2 Å². The Kier molecular flexibility index (Phi) is 3.46. The number of hydrogen-bond donors (Lipinski definition) is 1. The number of hydrogen-bond acceptors (Lipinski definition) is 4. The molecule has 5 heteroatoms. The highest BCUT2D eigenvalue weighted by molar-refractivity contribution is 6.23. The summed E-state index contributed by atoms with van der Waals surface area (Å²) in [6, 6.07) is 4.96. The molecule has 1 atom stereocenters. The highest BCUT2D eigenvalue weighted by atomic mass is 16.5. The molecule has 0 bridgehead atoms. The summed E-state index contributed by atoms with van der Waals surface area (Å²) in [4.78, 5) is 26.1. The second kappa shape index (κ2) is 4.81. The Balaban J connectivity index is 2.48. The number of nitrogens with two attached hydrogens (primary N) is 1. The van der Waals surface area contributed by atoms with E-state index in [9.17, 15) is 9.59 Å². The number of amides is 2. The van der Waals surface area contributed by atoms with Crippen molar-refractivity contribution in [1.29, 1.82) is 0 Å². The largest absolute Gasteiger partial charge is 0.497 e. The number of carbonyl (C=O) groups excluding carboxylic acids is 2. The molecule has 5 nitrogen and oxygen atoms in total. The van der Waals surface area contributed by atoms with Gasteiger partial charge in [-0.05, 0) is 25.0 Å². The van der Waals surface area contributed by atoms with Crippen molar-refractivity contribution in [3.63, 3.8) is 0 Å². The molecule has 108 valence electrons. The third-order valence-electron chi connectivity index (χ3n) is 4.21. The highest BCUT2D eigenvalue weighted by Crippen LogP contribution is 2.43. The van der Waals surface area contributed by atoms with Gasteiger partial charge in [-0.3, -0.25) is 9.59 Å². The van der Waals surface area contributed by atoms with Crippen LogP contribution in [0.5, 0.6) is 5.75 Å². The fourth-order valence-corrected chi connectivity index (χ4v) is 2.38. The minimum atomic E-state index is -0.674. The van der Waals surface area contributed by atoms with Crippen molar-refractivity contribution in [2.45, 2.75) is 27.2 Å². The third-order valence-corrected chi connectivity index (χ3v) is 4.21. The number of nitrogens with zero attached hydrogens (tertiary/aromatic N) is 1. The van der Waals surface area contributed by atoms with E-state index in [1.165, 1.54) is 12.0 Å². The Morgan fingerprint density at radius 1 is 1.35 bits per heavy atom. The first-order valence-corrected chi connectivity index (χ1v) is 6.62. The summed E-state index contributed by atoms with van der Waals surface area (Å²) in [6.07, 6.45) is 0.208. The summed E-state index contributed by atoms with van der Waals surface area (Å²) in [5, 5.41) is 0. The topological polar surface area (TPSA) is 72.6 Å². The van der Waals surface area contributed by atoms with Crippen molar-refractivity contribution < 1.29 is 14.3 Å². The molecule has 1 unspecified atom stereocenters. The quantitative estimate of drug-likeness (QED) is 0.678. The molecule has 1 aromatic rings. The van der Waals surface area contributed by atoms with Gasteiger partial charge in [-0.2, -0.15) is 0 Å². The second-order valence-electron chi connectivity index (χ2n) is 5.71. The van der Waals surface area contributed by atoms with Crippen molar-refractivity contribution in [3.05, 3.63) is 18.2 Å². The van der Waals surface area contributed by atoms with Crippen LogP contribution in [0.1, 0.15) is 27.2 Å². The zero-order valence-corrected chi connectivity index (χ0v) is 12.3. The molecule has 1 aromatic carbocycles. The van der Waals surface area contributed by atoms with Gasteiger partial charge in [-0.1, -0.05) is 13.8 Å². The van der Waals surface area contributed by atoms with Crippen LogP contribution in [0.3, 0.4) is 0 Å². The molecule has 1 saturated heterocycles. The van der Waals surface area contributed by atoms with Gasteiger partial charge < -0.3 is 10.5 Å². The van der Waals surface area contributed by atoms with E-state index in [0.717, 1.165) is 0 Å². The Morgan fingerprint density at radius 2 is 2.00 bits per heavy atom. The van der Waals surface area contributed by atoms with Crippen LogP contribution in [-0.2, 0) is 9.59 Å². The van der Waals surface area contributed by atoms with Gasteiger partial charge in [0.1, 0.15) is 5.75 Å². The Morgan fingerprint density at radius 3 is 2.50 bits per heavy atom. The first kappa shape index (κ1) is 14.4. The zero-order chi connectivity index (χ0) is 15.1. The van der Waals surface area contributed by atoms with Crippen LogP contribution in [0.25, 0.3) is 0 Å². The lowest BCUT2D eigenvalue weighted by Crippen LogP contribution is -2.37. The molecule has 0 saturated carbocycles. The molecule has 2 N–H and O–H groups in total. The van der Waals surface area contributed by atoms with Gasteiger partial charge in [0.25, 0.3) is 0 Å². The van der Waals surface area contributed by atoms with Crippen molar-refractivity contribution in [2.75, 3.05) is 17.7 Å². The summed E-state index contributed by atoms with van der Waals surface area (Å²) in [6.45, 7) is 5.72. The molecular weight excluding hydrogens is 256 g/mol. The predicted molar refractivity (Wildman–Crippen MR) is 77.5 cm³/mol. The maximum atomic E-state index is 12.6. The fourth-order valence-electron chi connectivity index (χ4n) is 2.38. The minimum absolute atomic E-state index is 0.0794. The van der Waals surface area contributed by atoms with Crippen LogP contribution in [-0.4, -0.2) is 18.9 Å². The van der Waals surface area contributed by atoms with Gasteiger partial charge in [0.2, 0.25) is 11.8 Å². The highest BCUT2D eigenvalue weighted by Gasteiger charge is 2.50. The van der Waals surface area contributed by atoms with Gasteiger partial charge in [-0.25, -0.2) is 4.90 Å². The van der Waals surface area contributed by atoms with Crippen molar-refractivity contribution in [2.24, 2.45) is 11.3 Å². The minimum Gasteiger partial charge on any atom is -0.497 e. The van der Waals surface area contributed by atoms with E-state index in [-0.39, 0.29) is 24.2 Å². The molecular formula is C15H20N2O3. The third kappa shape index (κ3) is 2.03. The first-order chi connectivity index (χ1) is 9.31. The molecule has 0 spiro atoms. The number of nitrogen functional groups attached to an aromatic ring is 1. The molecule has 1 aliphatic rings. The van der Waals surface area contributed by atoms with E-state index in [0.29, 0.717) is 17.1 Å². The smallest absolute Gasteiger partial charge is 0.240 e. The van der Waals surface area contributed by atoms with Gasteiger partial charge in [-0.15, -0.1) is 0 Å². The van der Waals surface area contributed by atoms with Gasteiger partial charge in [0.05, 0.1) is 23.9 Å². The average Bonchev–Trinajstić information content (AvgIpc) is 2.62. The van der Waals surface area contributed by atoms with Crippen LogP contribution in [0, 0.1) is 11.3 Å². The van der Waals surface area contributed by atoms with Crippen LogP contribution >= 0.6 is 0 Å². The number of carbonyl (C=O) groups is 2. The monoisotopic (exact) mass is 276 g/mol. The maximum absolute atomic E-state index is 12.6. The van der Waals surface area contributed by atoms with E-state index in [1.54, 1.807) is 18.2 Å². The number of rotatable bonds is 3. The summed E-state index contributed by atoms with van der Waals surface area (Å²) >= 11 is 0. The van der Waals surface area contributed by atoms with Gasteiger partial charge >= 0.3 is 0 Å². The van der Waals surface area contributed by atoms with Crippen LogP contribution in [0.4, 0.5) is 11.4 Å². The van der Waals surface area contributed by atoms with E-state index < -0.39 is 5.41 Å². The van der Waals surface area contributed by atoms with E-state index >= 15 is 0 Å². The molecule has 1 fully saturated rings. The van der Waals surface area contributed by atoms with Crippen LogP contribution < -0.4 is 15.4 Å². The number of imide groups is 1. The normalized spacial score (nSPS) is 22.8. The maximum Gasteiger partial charge on any atom is 0.240 e. The summed E-state index contributed by atoms with van der Waals surface area (Å²) in [5.74, 6) is 0.229. The fraction of sp³-hybridized carbons (Fsp3) is 0.467. The van der Waals surface area contributed by atoms with E-state index in [4.69, 9.17) is 10.5 Å². The number of ether oxygens (including phenoxy) is 1. The summed E-state index contributed by atoms with van der Waals surface area (Å²) < 4.78 is 5.13. The van der Waals surface area contributed by atoms with Crippen molar-refractivity contribution >= 4 is 23.2 Å². The first-order valence-electron chi connectivity index (χ1n) is 6.62. The Bertz CT molecular complexity index is 568. The van der Waals surface area contributed by atoms with E-state index in [2.05, 4.69) is 0 Å². The van der Waals surface area contributed by atoms with Crippen LogP contribution in [0.2, 0.25) is 0 Å². The standard InChI is InChI=1S/C15H20N2O3/c1-9(2)15(3)8-13(18)17(14(15)19)12-7-10(20-4)5-6-11(12)16/h5-7,9H,8,16H2,1-4H3. The predicted octanol–water partition coefficient (Wildman–Crippen LogP) is 2.20. The average molecular weight is 276 g/mol. The molecule has 0 radical (unpaired) electrons. The van der Waals surface area contributed by atoms with Crippen molar-refractivity contribution in [3.8, 4) is 5.75 Å². The molecule has 1 aliphatic heterocycles. The van der Waals surface area contributed by atoms with Crippen molar-refractivity contribution in [1.82, 2.24) is 0 Å². The lowest BCUT2D eigenvalue weighted by atomic mass is 9.78. The summed E-state index contributed by atoms with van der Waals surface area (Å²) in [5.41, 5.74) is 6.03. The number of methoxy groups -OCH3 is 1. The molecule has 0 aliphatic carbocycles. The molecule has 20 heavy (non-hydrogen) atoms. The zero-order valence-electron chi connectivity index (χ0n) is 12.3. The Hall–Kier alpha value is -2.04. The second-order valence-corrected chi connectivity index (χ2v) is 5.71. The summed E-state index contributed by atoms with van der Waals surface area (Å²) in [7, 11) is 1.53. The van der Waals surface area contributed by atoms with Gasteiger partial charge in [0.15, 0.2) is 0 Å². The number of benzene rings is 1. The molecule has 2 amide bonds. The van der Waals surface area contributed by atoms with E-state index in [1.807, 2.05) is 20.8 Å². The number of anilines is 2. The Labute approximate surface area is 118 Å². The lowest BCUT2D eigenvalue weighted by molar-refractivity contribution is -0.126. The lowest BCUT2D eigenvalue weighted by Gasteiger charge is -2.26. The molecule has 1 heterocycles. The molecule has 0 aromatic heterocycles.